The Bertz CT molecular complexity index is 394. The van der Waals surface area contributed by atoms with Crippen LogP contribution in [-0.4, -0.2) is 44.7 Å². The monoisotopic (exact) mass is 315 g/mol. The molecule has 0 amide bonds. The Balaban J connectivity index is 2.09. The van der Waals surface area contributed by atoms with Crippen LogP contribution in [0, 0.1) is 5.82 Å². The van der Waals surface area contributed by atoms with Crippen molar-refractivity contribution in [2.45, 2.75) is 6.04 Å². The third kappa shape index (κ3) is 3.51. The highest BCUT2D eigenvalue weighted by molar-refractivity contribution is 9.10. The molecule has 1 atom stereocenters. The second-order valence-corrected chi connectivity index (χ2v) is 5.47. The van der Waals surface area contributed by atoms with E-state index in [4.69, 9.17) is 0 Å². The highest BCUT2D eigenvalue weighted by Crippen LogP contribution is 2.22. The van der Waals surface area contributed by atoms with Gasteiger partial charge in [-0.3, -0.25) is 4.90 Å². The Morgan fingerprint density at radius 3 is 2.83 bits per heavy atom. The van der Waals surface area contributed by atoms with Crippen LogP contribution in [0.1, 0.15) is 11.6 Å². The summed E-state index contributed by atoms with van der Waals surface area (Å²) in [6, 6.07) is 5.14. The second kappa shape index (κ2) is 6.61. The van der Waals surface area contributed by atoms with Crippen molar-refractivity contribution in [1.29, 1.82) is 0 Å². The van der Waals surface area contributed by atoms with Gasteiger partial charge in [-0.05, 0) is 25.2 Å². The maximum absolute atomic E-state index is 13.9. The standard InChI is InChI=1S/C13H19BrFN3/c1-16-13(9-18-6-4-17-5-7-18)11-8-10(14)2-3-12(11)15/h2-3,8,13,16-17H,4-7,9H2,1H3. The maximum atomic E-state index is 13.9. The molecule has 0 saturated carbocycles. The fourth-order valence-corrected chi connectivity index (χ4v) is 2.66. The number of hydrogen-bond donors (Lipinski definition) is 2. The largest absolute Gasteiger partial charge is 0.314 e. The molecule has 0 spiro atoms. The Morgan fingerprint density at radius 2 is 2.17 bits per heavy atom. The SMILES string of the molecule is CNC(CN1CCNCC1)c1cc(Br)ccc1F. The van der Waals surface area contributed by atoms with Crippen LogP contribution in [0.5, 0.6) is 0 Å². The summed E-state index contributed by atoms with van der Waals surface area (Å²) in [4.78, 5) is 2.36. The summed E-state index contributed by atoms with van der Waals surface area (Å²) in [6.45, 7) is 4.90. The van der Waals surface area contributed by atoms with E-state index in [1.807, 2.05) is 13.1 Å². The molecule has 100 valence electrons. The molecular weight excluding hydrogens is 297 g/mol. The average molecular weight is 316 g/mol. The Morgan fingerprint density at radius 1 is 1.44 bits per heavy atom. The van der Waals surface area contributed by atoms with E-state index < -0.39 is 0 Å². The molecule has 1 aromatic carbocycles. The van der Waals surface area contributed by atoms with Gasteiger partial charge in [0.05, 0.1) is 0 Å². The first-order chi connectivity index (χ1) is 8.70. The molecule has 1 aromatic rings. The Kier molecular flexibility index (Phi) is 5.12. The topological polar surface area (TPSA) is 27.3 Å². The van der Waals surface area contributed by atoms with Crippen LogP contribution in [0.2, 0.25) is 0 Å². The number of halogens is 2. The molecule has 0 bridgehead atoms. The number of hydrogen-bond acceptors (Lipinski definition) is 3. The first-order valence-corrected chi connectivity index (χ1v) is 7.05. The number of piperazine rings is 1. The summed E-state index contributed by atoms with van der Waals surface area (Å²) in [5.41, 5.74) is 0.727. The van der Waals surface area contributed by atoms with E-state index in [0.29, 0.717) is 0 Å². The van der Waals surface area contributed by atoms with Crippen molar-refractivity contribution in [2.24, 2.45) is 0 Å². The zero-order valence-corrected chi connectivity index (χ0v) is 12.1. The van der Waals surface area contributed by atoms with Crippen molar-refractivity contribution in [3.63, 3.8) is 0 Å². The van der Waals surface area contributed by atoms with E-state index >= 15 is 0 Å². The quantitative estimate of drug-likeness (QED) is 0.886. The van der Waals surface area contributed by atoms with Gasteiger partial charge < -0.3 is 10.6 Å². The van der Waals surface area contributed by atoms with Crippen molar-refractivity contribution in [3.8, 4) is 0 Å². The highest BCUT2D eigenvalue weighted by atomic mass is 79.9. The van der Waals surface area contributed by atoms with Crippen LogP contribution in [0.4, 0.5) is 4.39 Å². The summed E-state index contributed by atoms with van der Waals surface area (Å²) in [6.07, 6.45) is 0. The Hall–Kier alpha value is -0.490. The third-order valence-corrected chi connectivity index (χ3v) is 3.83. The van der Waals surface area contributed by atoms with Crippen molar-refractivity contribution in [2.75, 3.05) is 39.8 Å². The summed E-state index contributed by atoms with van der Waals surface area (Å²) < 4.78 is 14.8. The highest BCUT2D eigenvalue weighted by Gasteiger charge is 2.19. The first-order valence-electron chi connectivity index (χ1n) is 6.26. The fourth-order valence-electron chi connectivity index (χ4n) is 2.28. The van der Waals surface area contributed by atoms with E-state index in [9.17, 15) is 4.39 Å². The van der Waals surface area contributed by atoms with Crippen LogP contribution in [0.3, 0.4) is 0 Å². The lowest BCUT2D eigenvalue weighted by Crippen LogP contribution is -2.46. The molecule has 1 unspecified atom stereocenters. The van der Waals surface area contributed by atoms with E-state index in [2.05, 4.69) is 31.5 Å². The number of nitrogens with zero attached hydrogens (tertiary/aromatic N) is 1. The number of rotatable bonds is 4. The van der Waals surface area contributed by atoms with Crippen molar-refractivity contribution < 1.29 is 4.39 Å². The minimum Gasteiger partial charge on any atom is -0.314 e. The molecule has 0 aliphatic carbocycles. The normalized spacial score (nSPS) is 18.8. The summed E-state index contributed by atoms with van der Waals surface area (Å²) in [5.74, 6) is -0.146. The van der Waals surface area contributed by atoms with E-state index in [-0.39, 0.29) is 11.9 Å². The van der Waals surface area contributed by atoms with E-state index in [1.54, 1.807) is 6.07 Å². The third-order valence-electron chi connectivity index (χ3n) is 3.33. The van der Waals surface area contributed by atoms with Crippen LogP contribution >= 0.6 is 15.9 Å². The van der Waals surface area contributed by atoms with Crippen molar-refractivity contribution in [3.05, 3.63) is 34.1 Å². The van der Waals surface area contributed by atoms with Crippen LogP contribution in [-0.2, 0) is 0 Å². The van der Waals surface area contributed by atoms with Crippen LogP contribution in [0.15, 0.2) is 22.7 Å². The predicted molar refractivity (Wildman–Crippen MR) is 75.2 cm³/mol. The van der Waals surface area contributed by atoms with Gasteiger partial charge in [-0.1, -0.05) is 15.9 Å². The molecular formula is C13H19BrFN3. The van der Waals surface area contributed by atoms with Gasteiger partial charge >= 0.3 is 0 Å². The zero-order valence-electron chi connectivity index (χ0n) is 10.5. The second-order valence-electron chi connectivity index (χ2n) is 4.56. The molecule has 3 nitrogen and oxygen atoms in total. The van der Waals surface area contributed by atoms with Gasteiger partial charge in [-0.25, -0.2) is 4.39 Å². The van der Waals surface area contributed by atoms with E-state index in [0.717, 1.165) is 42.8 Å². The maximum Gasteiger partial charge on any atom is 0.128 e. The molecule has 0 radical (unpaired) electrons. The molecule has 1 saturated heterocycles. The van der Waals surface area contributed by atoms with Crippen molar-refractivity contribution in [1.82, 2.24) is 15.5 Å². The van der Waals surface area contributed by atoms with Crippen molar-refractivity contribution >= 4 is 15.9 Å². The van der Waals surface area contributed by atoms with Gasteiger partial charge in [-0.15, -0.1) is 0 Å². The molecule has 1 aliphatic rings. The van der Waals surface area contributed by atoms with Crippen LogP contribution < -0.4 is 10.6 Å². The molecule has 18 heavy (non-hydrogen) atoms. The van der Waals surface area contributed by atoms with Gasteiger partial charge in [0.1, 0.15) is 5.82 Å². The summed E-state index contributed by atoms with van der Waals surface area (Å²) in [7, 11) is 1.88. The molecule has 2 rings (SSSR count). The van der Waals surface area contributed by atoms with Gasteiger partial charge in [0.2, 0.25) is 0 Å². The lowest BCUT2D eigenvalue weighted by Gasteiger charge is -2.31. The summed E-state index contributed by atoms with van der Waals surface area (Å²) >= 11 is 3.40. The van der Waals surface area contributed by atoms with Crippen LogP contribution in [0.25, 0.3) is 0 Å². The number of nitrogens with one attached hydrogen (secondary N) is 2. The lowest BCUT2D eigenvalue weighted by molar-refractivity contribution is 0.217. The lowest BCUT2D eigenvalue weighted by atomic mass is 10.1. The molecule has 1 heterocycles. The molecule has 5 heteroatoms. The summed E-state index contributed by atoms with van der Waals surface area (Å²) in [5, 5.41) is 6.53. The zero-order chi connectivity index (χ0) is 13.0. The molecule has 0 aromatic heterocycles. The predicted octanol–water partition coefficient (Wildman–Crippen LogP) is 1.75. The molecule has 2 N–H and O–H groups in total. The molecule has 1 fully saturated rings. The average Bonchev–Trinajstić information content (AvgIpc) is 2.40. The van der Waals surface area contributed by atoms with Gasteiger partial charge in [0.25, 0.3) is 0 Å². The smallest absolute Gasteiger partial charge is 0.128 e. The Labute approximate surface area is 116 Å². The van der Waals surface area contributed by atoms with E-state index in [1.165, 1.54) is 6.07 Å². The van der Waals surface area contributed by atoms with Gasteiger partial charge in [0, 0.05) is 48.8 Å². The first kappa shape index (κ1) is 13.9. The van der Waals surface area contributed by atoms with Gasteiger partial charge in [0.15, 0.2) is 0 Å². The number of likely N-dealkylation sites (N-methyl/N-ethyl adjacent to an activating group) is 1. The fraction of sp³-hybridized carbons (Fsp3) is 0.538. The molecule has 1 aliphatic heterocycles. The van der Waals surface area contributed by atoms with Gasteiger partial charge in [-0.2, -0.15) is 0 Å². The minimum absolute atomic E-state index is 0.0283. The minimum atomic E-state index is -0.146. The number of benzene rings is 1.